The molecule has 0 unspecified atom stereocenters. The first-order valence-corrected chi connectivity index (χ1v) is 5.56. The maximum atomic E-state index is 11.9. The summed E-state index contributed by atoms with van der Waals surface area (Å²) in [6.45, 7) is 6.13. The summed E-state index contributed by atoms with van der Waals surface area (Å²) in [4.78, 5) is 15.9. The number of carbonyl (C=O) groups is 1. The van der Waals surface area contributed by atoms with Gasteiger partial charge in [0.05, 0.1) is 0 Å². The molecular formula is C12H19N3O. The van der Waals surface area contributed by atoms with Crippen LogP contribution in [0.25, 0.3) is 0 Å². The number of carbonyl (C=O) groups excluding carboxylic acids is 1. The first-order valence-electron chi connectivity index (χ1n) is 5.56. The van der Waals surface area contributed by atoms with E-state index in [1.165, 1.54) is 0 Å². The van der Waals surface area contributed by atoms with Crippen LogP contribution in [-0.4, -0.2) is 16.4 Å². The molecule has 0 spiro atoms. The number of nitrogens with one attached hydrogen (secondary N) is 1. The highest BCUT2D eigenvalue weighted by atomic mass is 16.2. The molecule has 0 radical (unpaired) electrons. The molecular weight excluding hydrogens is 202 g/mol. The molecule has 0 saturated heterocycles. The molecule has 88 valence electrons. The number of rotatable bonds is 4. The van der Waals surface area contributed by atoms with Crippen LogP contribution in [0.2, 0.25) is 0 Å². The normalized spacial score (nSPS) is 11.2. The maximum Gasteiger partial charge on any atom is 0.270 e. The van der Waals surface area contributed by atoms with Crippen LogP contribution in [0.1, 0.15) is 44.1 Å². The van der Waals surface area contributed by atoms with E-state index in [9.17, 15) is 4.79 Å². The highest BCUT2D eigenvalue weighted by Gasteiger charge is 2.22. The van der Waals surface area contributed by atoms with Crippen LogP contribution in [0.15, 0.2) is 18.2 Å². The molecule has 0 aliphatic rings. The Morgan fingerprint density at radius 3 is 2.56 bits per heavy atom. The van der Waals surface area contributed by atoms with Gasteiger partial charge in [0, 0.05) is 5.54 Å². The first kappa shape index (κ1) is 12.5. The van der Waals surface area contributed by atoms with Gasteiger partial charge in [0.15, 0.2) is 0 Å². The molecule has 3 N–H and O–H groups in total. The molecule has 4 nitrogen and oxygen atoms in total. The molecule has 0 aromatic carbocycles. The zero-order valence-corrected chi connectivity index (χ0v) is 10.1. The van der Waals surface area contributed by atoms with E-state index < -0.39 is 0 Å². The molecule has 0 aliphatic heterocycles. The number of anilines is 1. The summed E-state index contributed by atoms with van der Waals surface area (Å²) in [7, 11) is 0. The van der Waals surface area contributed by atoms with Crippen molar-refractivity contribution >= 4 is 11.7 Å². The Morgan fingerprint density at radius 2 is 2.06 bits per heavy atom. The summed E-state index contributed by atoms with van der Waals surface area (Å²) in [6, 6.07) is 5.06. The van der Waals surface area contributed by atoms with E-state index in [1.807, 2.05) is 6.92 Å². The first-order chi connectivity index (χ1) is 7.50. The average molecular weight is 221 g/mol. The number of hydrogen-bond donors (Lipinski definition) is 2. The SMILES string of the molecule is CCC(C)(CC)NC(=O)c1cccc(N)n1. The minimum Gasteiger partial charge on any atom is -0.384 e. The molecule has 1 amide bonds. The Kier molecular flexibility index (Phi) is 3.88. The van der Waals surface area contributed by atoms with E-state index >= 15 is 0 Å². The highest BCUT2D eigenvalue weighted by Crippen LogP contribution is 2.14. The van der Waals surface area contributed by atoms with Gasteiger partial charge in [-0.15, -0.1) is 0 Å². The fourth-order valence-electron chi connectivity index (χ4n) is 1.34. The van der Waals surface area contributed by atoms with Gasteiger partial charge < -0.3 is 11.1 Å². The number of nitrogens with zero attached hydrogens (tertiary/aromatic N) is 1. The molecule has 0 fully saturated rings. The molecule has 1 heterocycles. The summed E-state index contributed by atoms with van der Waals surface area (Å²) < 4.78 is 0. The Balaban J connectivity index is 2.80. The third-order valence-electron chi connectivity index (χ3n) is 2.98. The number of hydrogen-bond acceptors (Lipinski definition) is 3. The number of pyridine rings is 1. The van der Waals surface area contributed by atoms with Crippen LogP contribution in [0.4, 0.5) is 5.82 Å². The Morgan fingerprint density at radius 1 is 1.44 bits per heavy atom. The molecule has 1 rings (SSSR count). The zero-order valence-electron chi connectivity index (χ0n) is 10.1. The summed E-state index contributed by atoms with van der Waals surface area (Å²) in [5.74, 6) is 0.195. The maximum absolute atomic E-state index is 11.9. The topological polar surface area (TPSA) is 68.0 Å². The van der Waals surface area contributed by atoms with Crippen molar-refractivity contribution in [1.29, 1.82) is 0 Å². The Labute approximate surface area is 96.3 Å². The Hall–Kier alpha value is -1.58. The fourth-order valence-corrected chi connectivity index (χ4v) is 1.34. The van der Waals surface area contributed by atoms with E-state index in [-0.39, 0.29) is 11.4 Å². The van der Waals surface area contributed by atoms with Crippen LogP contribution in [0.5, 0.6) is 0 Å². The minimum atomic E-state index is -0.177. The highest BCUT2D eigenvalue weighted by molar-refractivity contribution is 5.93. The van der Waals surface area contributed by atoms with E-state index in [0.717, 1.165) is 12.8 Å². The van der Waals surface area contributed by atoms with Crippen molar-refractivity contribution in [3.63, 3.8) is 0 Å². The van der Waals surface area contributed by atoms with Crippen LogP contribution in [-0.2, 0) is 0 Å². The molecule has 4 heteroatoms. The number of amides is 1. The smallest absolute Gasteiger partial charge is 0.270 e. The largest absolute Gasteiger partial charge is 0.384 e. The Bertz CT molecular complexity index is 372. The minimum absolute atomic E-state index is 0.168. The number of nitrogen functional groups attached to an aromatic ring is 1. The van der Waals surface area contributed by atoms with Crippen LogP contribution in [0.3, 0.4) is 0 Å². The van der Waals surface area contributed by atoms with Gasteiger partial charge in [0.2, 0.25) is 0 Å². The second-order valence-electron chi connectivity index (χ2n) is 4.17. The third kappa shape index (κ3) is 2.95. The van der Waals surface area contributed by atoms with Crippen molar-refractivity contribution in [1.82, 2.24) is 10.3 Å². The van der Waals surface area contributed by atoms with Gasteiger partial charge in [-0.2, -0.15) is 0 Å². The predicted molar refractivity (Wildman–Crippen MR) is 65.1 cm³/mol. The monoisotopic (exact) mass is 221 g/mol. The van der Waals surface area contributed by atoms with Gasteiger partial charge in [0.1, 0.15) is 11.5 Å². The van der Waals surface area contributed by atoms with Gasteiger partial charge in [-0.25, -0.2) is 4.98 Å². The van der Waals surface area contributed by atoms with E-state index in [2.05, 4.69) is 24.1 Å². The van der Waals surface area contributed by atoms with Crippen molar-refractivity contribution < 1.29 is 4.79 Å². The van der Waals surface area contributed by atoms with Crippen molar-refractivity contribution in [2.24, 2.45) is 0 Å². The van der Waals surface area contributed by atoms with Gasteiger partial charge in [-0.05, 0) is 31.9 Å². The second-order valence-corrected chi connectivity index (χ2v) is 4.17. The quantitative estimate of drug-likeness (QED) is 0.816. The molecule has 1 aromatic rings. The number of aromatic nitrogens is 1. The van der Waals surface area contributed by atoms with Crippen LogP contribution >= 0.6 is 0 Å². The lowest BCUT2D eigenvalue weighted by atomic mass is 9.95. The molecule has 0 bridgehead atoms. The fraction of sp³-hybridized carbons (Fsp3) is 0.500. The van der Waals surface area contributed by atoms with Gasteiger partial charge in [-0.1, -0.05) is 19.9 Å². The summed E-state index contributed by atoms with van der Waals surface area (Å²) in [5.41, 5.74) is 5.73. The van der Waals surface area contributed by atoms with Gasteiger partial charge in [-0.3, -0.25) is 4.79 Å². The number of nitrogens with two attached hydrogens (primary N) is 1. The van der Waals surface area contributed by atoms with Crippen LogP contribution in [0, 0.1) is 0 Å². The lowest BCUT2D eigenvalue weighted by Gasteiger charge is -2.27. The van der Waals surface area contributed by atoms with E-state index in [0.29, 0.717) is 11.5 Å². The zero-order chi connectivity index (χ0) is 12.2. The standard InChI is InChI=1S/C12H19N3O/c1-4-12(3,5-2)15-11(16)9-7-6-8-10(13)14-9/h6-8H,4-5H2,1-3H3,(H2,13,14)(H,15,16). The van der Waals surface area contributed by atoms with Crippen molar-refractivity contribution in [2.45, 2.75) is 39.2 Å². The summed E-state index contributed by atoms with van der Waals surface area (Å²) in [6.07, 6.45) is 1.77. The van der Waals surface area contributed by atoms with Crippen molar-refractivity contribution in [2.75, 3.05) is 5.73 Å². The van der Waals surface area contributed by atoms with E-state index in [1.54, 1.807) is 18.2 Å². The second kappa shape index (κ2) is 4.96. The van der Waals surface area contributed by atoms with Gasteiger partial charge >= 0.3 is 0 Å². The molecule has 0 saturated carbocycles. The van der Waals surface area contributed by atoms with Crippen LogP contribution < -0.4 is 11.1 Å². The molecule has 1 aromatic heterocycles. The van der Waals surface area contributed by atoms with E-state index in [4.69, 9.17) is 5.73 Å². The average Bonchev–Trinajstić information content (AvgIpc) is 2.29. The molecule has 16 heavy (non-hydrogen) atoms. The lowest BCUT2D eigenvalue weighted by Crippen LogP contribution is -2.45. The van der Waals surface area contributed by atoms with Crippen molar-refractivity contribution in [3.8, 4) is 0 Å². The van der Waals surface area contributed by atoms with Crippen molar-refractivity contribution in [3.05, 3.63) is 23.9 Å². The predicted octanol–water partition coefficient (Wildman–Crippen LogP) is 1.97. The third-order valence-corrected chi connectivity index (χ3v) is 2.98. The van der Waals surface area contributed by atoms with Gasteiger partial charge in [0.25, 0.3) is 5.91 Å². The summed E-state index contributed by atoms with van der Waals surface area (Å²) >= 11 is 0. The molecule has 0 atom stereocenters. The molecule has 0 aliphatic carbocycles. The lowest BCUT2D eigenvalue weighted by molar-refractivity contribution is 0.0896. The summed E-state index contributed by atoms with van der Waals surface area (Å²) in [5, 5.41) is 2.98.